The van der Waals surface area contributed by atoms with Gasteiger partial charge in [-0.15, -0.1) is 0 Å². The molecule has 9 heteroatoms. The second-order valence-electron chi connectivity index (χ2n) is 3.39. The largest absolute Gasteiger partial charge is 0.339 e. The summed E-state index contributed by atoms with van der Waals surface area (Å²) in [4.78, 5) is 0. The van der Waals surface area contributed by atoms with Crippen LogP contribution < -0.4 is 5.30 Å². The Labute approximate surface area is 134 Å². The SMILES string of the molecule is O=P(Cl)(Cl)Cl.O=P(Cl)(Cl)c1ccc2ccccc2c1. The topological polar surface area (TPSA) is 34.1 Å². The number of hydrogen-bond donors (Lipinski definition) is 0. The van der Waals surface area contributed by atoms with Crippen molar-refractivity contribution in [2.24, 2.45) is 0 Å². The zero-order chi connectivity index (χ0) is 14.7. The summed E-state index contributed by atoms with van der Waals surface area (Å²) < 4.78 is 20.9. The van der Waals surface area contributed by atoms with Crippen molar-refractivity contribution in [1.29, 1.82) is 0 Å². The first kappa shape index (κ1) is 17.7. The van der Waals surface area contributed by atoms with Crippen LogP contribution >= 0.6 is 67.3 Å². The van der Waals surface area contributed by atoms with E-state index in [2.05, 4.69) is 33.7 Å². The maximum atomic E-state index is 11.4. The number of benzene rings is 2. The van der Waals surface area contributed by atoms with E-state index in [9.17, 15) is 9.13 Å². The Morgan fingerprint density at radius 2 is 1.21 bits per heavy atom. The van der Waals surface area contributed by atoms with Crippen LogP contribution in [0.15, 0.2) is 42.5 Å². The van der Waals surface area contributed by atoms with Gasteiger partial charge in [0.15, 0.2) is 0 Å². The van der Waals surface area contributed by atoms with E-state index in [4.69, 9.17) is 22.5 Å². The molecule has 0 fully saturated rings. The third-order valence-electron chi connectivity index (χ3n) is 2.03. The summed E-state index contributed by atoms with van der Waals surface area (Å²) in [6.45, 7) is 0. The van der Waals surface area contributed by atoms with Gasteiger partial charge in [-0.05, 0) is 79.1 Å². The van der Waals surface area contributed by atoms with Crippen molar-refractivity contribution in [2.75, 3.05) is 0 Å². The van der Waals surface area contributed by atoms with Gasteiger partial charge < -0.3 is 0 Å². The minimum atomic E-state index is -3.22. The van der Waals surface area contributed by atoms with Gasteiger partial charge in [0.05, 0.1) is 0 Å². The van der Waals surface area contributed by atoms with Gasteiger partial charge in [-0.25, -0.2) is 0 Å². The summed E-state index contributed by atoms with van der Waals surface area (Å²) >= 11 is 25.0. The van der Waals surface area contributed by atoms with Crippen molar-refractivity contribution in [1.82, 2.24) is 0 Å². The second kappa shape index (κ2) is 7.05. The highest BCUT2D eigenvalue weighted by molar-refractivity contribution is 8.24. The quantitative estimate of drug-likeness (QED) is 0.487. The van der Waals surface area contributed by atoms with E-state index >= 15 is 0 Å². The van der Waals surface area contributed by atoms with Crippen LogP contribution in [0.4, 0.5) is 0 Å². The van der Waals surface area contributed by atoms with Gasteiger partial charge in [-0.2, -0.15) is 0 Å². The predicted molar refractivity (Wildman–Crippen MR) is 88.1 cm³/mol. The monoisotopic (exact) mass is 396 g/mol. The van der Waals surface area contributed by atoms with Crippen LogP contribution in [0.5, 0.6) is 0 Å². The van der Waals surface area contributed by atoms with E-state index in [-0.39, 0.29) is 0 Å². The summed E-state index contributed by atoms with van der Waals surface area (Å²) in [5.74, 6) is -3.18. The first-order valence-corrected chi connectivity index (χ1v) is 12.7. The molecular formula is C10H7Cl5O2P2. The summed E-state index contributed by atoms with van der Waals surface area (Å²) in [5.41, 5.74) is 0. The molecule has 0 bridgehead atoms. The van der Waals surface area contributed by atoms with E-state index in [0.29, 0.717) is 5.30 Å². The maximum absolute atomic E-state index is 11.4. The second-order valence-corrected chi connectivity index (χ2v) is 14.8. The molecule has 0 aliphatic carbocycles. The molecule has 0 aliphatic heterocycles. The molecule has 0 atom stereocenters. The predicted octanol–water partition coefficient (Wildman–Crippen LogP) is 6.95. The van der Waals surface area contributed by atoms with E-state index in [1.807, 2.05) is 30.3 Å². The Balaban J connectivity index is 0.000000312. The zero-order valence-electron chi connectivity index (χ0n) is 9.14. The molecule has 2 aromatic carbocycles. The molecule has 2 nitrogen and oxygen atoms in total. The standard InChI is InChI=1S/C10H7Cl2OP.Cl3OP/c11-14(12,13)10-6-5-8-3-1-2-4-9(8)7-10;1-5(2,3)4/h1-7H;. The van der Waals surface area contributed by atoms with Gasteiger partial charge in [-0.3, -0.25) is 9.13 Å². The Bertz CT molecular complexity index is 656. The minimum Gasteiger partial charge on any atom is -0.284 e. The molecule has 2 rings (SSSR count). The number of halogens is 5. The highest BCUT2D eigenvalue weighted by atomic mass is 36.0. The normalized spacial score (nSPS) is 11.8. The molecule has 0 saturated carbocycles. The lowest BCUT2D eigenvalue weighted by atomic mass is 10.1. The first-order chi connectivity index (χ1) is 8.57. The molecule has 0 aliphatic rings. The molecule has 0 amide bonds. The van der Waals surface area contributed by atoms with E-state index in [0.717, 1.165) is 10.8 Å². The molecular weight excluding hydrogens is 391 g/mol. The fourth-order valence-electron chi connectivity index (χ4n) is 1.34. The number of fused-ring (bicyclic) bond motifs is 1. The lowest BCUT2D eigenvalue weighted by molar-refractivity contribution is 0.597. The fraction of sp³-hybridized carbons (Fsp3) is 0. The van der Waals surface area contributed by atoms with Crippen LogP contribution in [0.1, 0.15) is 0 Å². The summed E-state index contributed by atoms with van der Waals surface area (Å²) in [7, 11) is 0. The minimum absolute atomic E-state index is 0.486. The molecule has 0 unspecified atom stereocenters. The molecule has 0 N–H and O–H groups in total. The van der Waals surface area contributed by atoms with E-state index < -0.39 is 11.0 Å². The maximum Gasteiger partial charge on any atom is 0.339 e. The van der Waals surface area contributed by atoms with Crippen molar-refractivity contribution in [3.63, 3.8) is 0 Å². The van der Waals surface area contributed by atoms with Crippen LogP contribution in [-0.4, -0.2) is 0 Å². The van der Waals surface area contributed by atoms with E-state index in [1.165, 1.54) is 0 Å². The highest BCUT2D eigenvalue weighted by Gasteiger charge is 2.16. The van der Waals surface area contributed by atoms with Gasteiger partial charge in [-0.1, -0.05) is 30.3 Å². The number of rotatable bonds is 1. The van der Waals surface area contributed by atoms with Crippen molar-refractivity contribution in [3.8, 4) is 0 Å². The third-order valence-corrected chi connectivity index (χ3v) is 4.08. The summed E-state index contributed by atoms with van der Waals surface area (Å²) in [5, 5.41) is -0.663. The average molecular weight is 398 g/mol. The van der Waals surface area contributed by atoms with Gasteiger partial charge in [0.1, 0.15) is 0 Å². The molecule has 0 aromatic heterocycles. The lowest BCUT2D eigenvalue weighted by Crippen LogP contribution is -1.95. The Kier molecular flexibility index (Phi) is 6.55. The summed E-state index contributed by atoms with van der Waals surface area (Å²) in [6.07, 6.45) is 0. The first-order valence-electron chi connectivity index (χ1n) is 4.75. The molecule has 0 radical (unpaired) electrons. The van der Waals surface area contributed by atoms with Crippen LogP contribution in [-0.2, 0) is 9.13 Å². The number of hydrogen-bond acceptors (Lipinski definition) is 2. The molecule has 0 heterocycles. The third kappa shape index (κ3) is 7.25. The van der Waals surface area contributed by atoms with Crippen molar-refractivity contribution in [3.05, 3.63) is 42.5 Å². The Morgan fingerprint density at radius 3 is 1.68 bits per heavy atom. The van der Waals surface area contributed by atoms with Gasteiger partial charge in [0, 0.05) is 5.30 Å². The van der Waals surface area contributed by atoms with E-state index in [1.54, 1.807) is 12.1 Å². The van der Waals surface area contributed by atoms with Crippen LogP contribution in [0, 0.1) is 0 Å². The van der Waals surface area contributed by atoms with Crippen molar-refractivity contribution >= 4 is 83.3 Å². The van der Waals surface area contributed by atoms with Crippen LogP contribution in [0.3, 0.4) is 0 Å². The average Bonchev–Trinajstić information content (AvgIpc) is 2.25. The van der Waals surface area contributed by atoms with Crippen LogP contribution in [0.2, 0.25) is 0 Å². The Morgan fingerprint density at radius 1 is 0.737 bits per heavy atom. The molecule has 19 heavy (non-hydrogen) atoms. The fourth-order valence-corrected chi connectivity index (χ4v) is 2.51. The van der Waals surface area contributed by atoms with Gasteiger partial charge in [0.2, 0.25) is 0 Å². The Hall–Kier alpha value is 0.610. The van der Waals surface area contributed by atoms with Crippen LogP contribution in [0.25, 0.3) is 10.8 Å². The molecule has 2 aromatic rings. The van der Waals surface area contributed by atoms with Crippen molar-refractivity contribution in [2.45, 2.75) is 0 Å². The van der Waals surface area contributed by atoms with Gasteiger partial charge in [0.25, 0.3) is 5.85 Å². The highest BCUT2D eigenvalue weighted by Crippen LogP contribution is 2.61. The zero-order valence-corrected chi connectivity index (χ0v) is 14.7. The molecule has 104 valence electrons. The summed E-state index contributed by atoms with van der Waals surface area (Å²) in [6, 6.07) is 13.1. The lowest BCUT2D eigenvalue weighted by Gasteiger charge is -2.03. The smallest absolute Gasteiger partial charge is 0.284 e. The molecule has 0 spiro atoms. The molecule has 0 saturated heterocycles. The van der Waals surface area contributed by atoms with Gasteiger partial charge >= 0.3 is 5.20 Å². The van der Waals surface area contributed by atoms with Crippen molar-refractivity contribution < 1.29 is 9.13 Å².